The molecule has 0 fully saturated rings. The summed E-state index contributed by atoms with van der Waals surface area (Å²) in [4.78, 5) is 3.39. The zero-order valence-corrected chi connectivity index (χ0v) is 9.78. The van der Waals surface area contributed by atoms with Crippen LogP contribution in [0, 0.1) is 6.57 Å². The average molecular weight is 244 g/mol. The van der Waals surface area contributed by atoms with Gasteiger partial charge in [-0.3, -0.25) is 0 Å². The molecule has 0 aliphatic heterocycles. The molecular formula is C14H10ClNO. The maximum Gasteiger partial charge on any atom is 0.187 e. The lowest BCUT2D eigenvalue weighted by Gasteiger charge is -2.06. The molecule has 2 nitrogen and oxygen atoms in total. The molecule has 0 heterocycles. The third-order valence-electron chi connectivity index (χ3n) is 2.50. The second-order valence-corrected chi connectivity index (χ2v) is 4.04. The van der Waals surface area contributed by atoms with Crippen LogP contribution in [-0.4, -0.2) is 5.11 Å². The van der Waals surface area contributed by atoms with Crippen LogP contribution in [0.15, 0.2) is 42.5 Å². The van der Waals surface area contributed by atoms with Crippen LogP contribution in [0.3, 0.4) is 0 Å². The normalized spacial score (nSPS) is 9.94. The molecule has 0 bridgehead atoms. The summed E-state index contributed by atoms with van der Waals surface area (Å²) in [5.41, 5.74) is 3.15. The molecule has 0 saturated heterocycles. The van der Waals surface area contributed by atoms with E-state index < -0.39 is 0 Å². The van der Waals surface area contributed by atoms with Crippen LogP contribution in [0.25, 0.3) is 16.0 Å². The van der Waals surface area contributed by atoms with E-state index in [-0.39, 0.29) is 6.61 Å². The minimum atomic E-state index is -0.0257. The largest absolute Gasteiger partial charge is 0.392 e. The minimum Gasteiger partial charge on any atom is -0.392 e. The molecule has 0 amide bonds. The molecule has 2 rings (SSSR count). The molecule has 3 heteroatoms. The second-order valence-electron chi connectivity index (χ2n) is 3.63. The predicted octanol–water partition coefficient (Wildman–Crippen LogP) is 4.05. The Bertz CT molecular complexity index is 587. The topological polar surface area (TPSA) is 24.6 Å². The van der Waals surface area contributed by atoms with Gasteiger partial charge in [-0.2, -0.15) is 0 Å². The van der Waals surface area contributed by atoms with Crippen LogP contribution in [0.5, 0.6) is 0 Å². The molecule has 0 aromatic heterocycles. The van der Waals surface area contributed by atoms with E-state index in [4.69, 9.17) is 23.3 Å². The molecule has 84 valence electrons. The molecule has 0 saturated carbocycles. The quantitative estimate of drug-likeness (QED) is 0.791. The van der Waals surface area contributed by atoms with Crippen molar-refractivity contribution in [2.24, 2.45) is 0 Å². The second kappa shape index (κ2) is 5.01. The van der Waals surface area contributed by atoms with Crippen molar-refractivity contribution in [2.45, 2.75) is 6.61 Å². The van der Waals surface area contributed by atoms with E-state index in [2.05, 4.69) is 4.85 Å². The first kappa shape index (κ1) is 11.7. The standard InChI is InChI=1S/C14H10ClNO/c1-16-12-4-2-3-11(8-12)13-6-5-10(9-17)7-14(13)15/h2-8,17H,9H2. The van der Waals surface area contributed by atoms with Gasteiger partial charge in [0.2, 0.25) is 0 Å². The van der Waals surface area contributed by atoms with E-state index in [1.807, 2.05) is 24.3 Å². The summed E-state index contributed by atoms with van der Waals surface area (Å²) >= 11 is 6.15. The van der Waals surface area contributed by atoms with Crippen molar-refractivity contribution in [3.63, 3.8) is 0 Å². The molecule has 0 unspecified atom stereocenters. The molecule has 0 aliphatic rings. The van der Waals surface area contributed by atoms with Crippen LogP contribution in [0.1, 0.15) is 5.56 Å². The third-order valence-corrected chi connectivity index (χ3v) is 2.82. The lowest BCUT2D eigenvalue weighted by atomic mass is 10.0. The zero-order valence-electron chi connectivity index (χ0n) is 9.02. The summed E-state index contributed by atoms with van der Waals surface area (Å²) in [7, 11) is 0. The molecule has 0 aliphatic carbocycles. The van der Waals surface area contributed by atoms with Gasteiger partial charge in [0, 0.05) is 5.02 Å². The van der Waals surface area contributed by atoms with Crippen molar-refractivity contribution < 1.29 is 5.11 Å². The molecular weight excluding hydrogens is 234 g/mol. The van der Waals surface area contributed by atoms with Crippen molar-refractivity contribution in [2.75, 3.05) is 0 Å². The van der Waals surface area contributed by atoms with Crippen LogP contribution in [0.2, 0.25) is 5.02 Å². The lowest BCUT2D eigenvalue weighted by Crippen LogP contribution is -1.85. The molecule has 0 atom stereocenters. The molecule has 0 spiro atoms. The first-order valence-electron chi connectivity index (χ1n) is 5.12. The Balaban J connectivity index is 2.49. The Hall–Kier alpha value is -1.82. The Kier molecular flexibility index (Phi) is 3.43. The summed E-state index contributed by atoms with van der Waals surface area (Å²) in [5.74, 6) is 0. The first-order valence-corrected chi connectivity index (χ1v) is 5.49. The molecule has 2 aromatic rings. The third kappa shape index (κ3) is 2.47. The molecule has 2 aromatic carbocycles. The van der Waals surface area contributed by atoms with E-state index in [1.54, 1.807) is 18.2 Å². The number of benzene rings is 2. The number of rotatable bonds is 2. The summed E-state index contributed by atoms with van der Waals surface area (Å²) in [6, 6.07) is 12.7. The number of aliphatic hydroxyl groups excluding tert-OH is 1. The van der Waals surface area contributed by atoms with Gasteiger partial charge in [-0.05, 0) is 28.8 Å². The number of nitrogens with zero attached hydrogens (tertiary/aromatic N) is 1. The van der Waals surface area contributed by atoms with E-state index >= 15 is 0 Å². The maximum atomic E-state index is 9.01. The van der Waals surface area contributed by atoms with E-state index in [0.29, 0.717) is 10.7 Å². The van der Waals surface area contributed by atoms with Gasteiger partial charge in [0.1, 0.15) is 0 Å². The van der Waals surface area contributed by atoms with Crippen LogP contribution < -0.4 is 0 Å². The first-order chi connectivity index (χ1) is 8.24. The zero-order chi connectivity index (χ0) is 12.3. The van der Waals surface area contributed by atoms with Crippen LogP contribution in [0.4, 0.5) is 5.69 Å². The Morgan fingerprint density at radius 1 is 1.18 bits per heavy atom. The smallest absolute Gasteiger partial charge is 0.187 e. The number of aliphatic hydroxyl groups is 1. The Morgan fingerprint density at radius 3 is 2.65 bits per heavy atom. The average Bonchev–Trinajstić information content (AvgIpc) is 2.38. The summed E-state index contributed by atoms with van der Waals surface area (Å²) < 4.78 is 0. The van der Waals surface area contributed by atoms with E-state index in [9.17, 15) is 0 Å². The molecule has 17 heavy (non-hydrogen) atoms. The number of hydrogen-bond donors (Lipinski definition) is 1. The highest BCUT2D eigenvalue weighted by molar-refractivity contribution is 6.33. The van der Waals surface area contributed by atoms with E-state index in [1.165, 1.54) is 0 Å². The predicted molar refractivity (Wildman–Crippen MR) is 69.1 cm³/mol. The highest BCUT2D eigenvalue weighted by Crippen LogP contribution is 2.30. The van der Waals surface area contributed by atoms with Gasteiger partial charge in [-0.15, -0.1) is 0 Å². The summed E-state index contributed by atoms with van der Waals surface area (Å²) in [6.45, 7) is 6.95. The van der Waals surface area contributed by atoms with Crippen LogP contribution in [-0.2, 0) is 6.61 Å². The maximum absolute atomic E-state index is 9.01. The van der Waals surface area contributed by atoms with Gasteiger partial charge in [-0.1, -0.05) is 41.9 Å². The van der Waals surface area contributed by atoms with Gasteiger partial charge in [0.05, 0.1) is 13.2 Å². The number of hydrogen-bond acceptors (Lipinski definition) is 1. The lowest BCUT2D eigenvalue weighted by molar-refractivity contribution is 0.282. The Labute approximate surface area is 105 Å². The fourth-order valence-corrected chi connectivity index (χ4v) is 1.95. The van der Waals surface area contributed by atoms with Gasteiger partial charge in [0.15, 0.2) is 5.69 Å². The summed E-state index contributed by atoms with van der Waals surface area (Å²) in [6.07, 6.45) is 0. The SMILES string of the molecule is [C-]#[N+]c1cccc(-c2ccc(CO)cc2Cl)c1. The minimum absolute atomic E-state index is 0.0257. The fraction of sp³-hybridized carbons (Fsp3) is 0.0714. The fourth-order valence-electron chi connectivity index (χ4n) is 1.63. The van der Waals surface area contributed by atoms with Crippen molar-refractivity contribution in [3.05, 3.63) is 64.5 Å². The number of halogens is 1. The van der Waals surface area contributed by atoms with Gasteiger partial charge in [-0.25, -0.2) is 4.85 Å². The highest BCUT2D eigenvalue weighted by Gasteiger charge is 2.05. The van der Waals surface area contributed by atoms with Crippen molar-refractivity contribution in [3.8, 4) is 11.1 Å². The summed E-state index contributed by atoms with van der Waals surface area (Å²) in [5, 5.41) is 9.59. The monoisotopic (exact) mass is 243 g/mol. The Morgan fingerprint density at radius 2 is 2.00 bits per heavy atom. The van der Waals surface area contributed by atoms with Gasteiger partial charge >= 0.3 is 0 Å². The molecule has 0 radical (unpaired) electrons. The van der Waals surface area contributed by atoms with Crippen molar-refractivity contribution in [1.82, 2.24) is 0 Å². The van der Waals surface area contributed by atoms with E-state index in [0.717, 1.165) is 16.7 Å². The van der Waals surface area contributed by atoms with Crippen molar-refractivity contribution >= 4 is 17.3 Å². The van der Waals surface area contributed by atoms with Crippen LogP contribution >= 0.6 is 11.6 Å². The van der Waals surface area contributed by atoms with Gasteiger partial charge < -0.3 is 5.11 Å². The molecule has 1 N–H and O–H groups in total. The van der Waals surface area contributed by atoms with Gasteiger partial charge in [0.25, 0.3) is 0 Å². The highest BCUT2D eigenvalue weighted by atomic mass is 35.5. The van der Waals surface area contributed by atoms with Crippen molar-refractivity contribution in [1.29, 1.82) is 0 Å².